The lowest BCUT2D eigenvalue weighted by Gasteiger charge is -2.14. The van der Waals surface area contributed by atoms with Crippen LogP contribution in [0.2, 0.25) is 0 Å². The van der Waals surface area contributed by atoms with Crippen LogP contribution in [-0.2, 0) is 31.2 Å². The van der Waals surface area contributed by atoms with E-state index in [-0.39, 0.29) is 62.7 Å². The standard InChI is InChI=1S/C16H20N2O5.2ClH/c1-9-15(21)13(6-20)12(4-18-9)7-23-8-14-11(5-19)3-17-10(2)16(14)22;;/h3-4,19-22H,5-8H2,1-2H3;2*1H. The van der Waals surface area contributed by atoms with E-state index in [2.05, 4.69) is 9.97 Å². The van der Waals surface area contributed by atoms with E-state index in [1.165, 1.54) is 12.4 Å². The molecule has 0 aliphatic carbocycles. The van der Waals surface area contributed by atoms with Gasteiger partial charge in [0.25, 0.3) is 0 Å². The molecule has 0 radical (unpaired) electrons. The molecule has 0 unspecified atom stereocenters. The summed E-state index contributed by atoms with van der Waals surface area (Å²) in [5.41, 5.74) is 2.77. The number of aromatic hydroxyl groups is 2. The molecule has 140 valence electrons. The van der Waals surface area contributed by atoms with Gasteiger partial charge in [-0.05, 0) is 13.8 Å². The number of aliphatic hydroxyl groups is 2. The lowest BCUT2D eigenvalue weighted by Crippen LogP contribution is -2.04. The highest BCUT2D eigenvalue weighted by Gasteiger charge is 2.14. The van der Waals surface area contributed by atoms with E-state index >= 15 is 0 Å². The topological polar surface area (TPSA) is 116 Å². The van der Waals surface area contributed by atoms with Crippen LogP contribution in [0.25, 0.3) is 0 Å². The summed E-state index contributed by atoms with van der Waals surface area (Å²) in [6, 6.07) is 0. The first-order valence-electron chi connectivity index (χ1n) is 7.11. The SMILES string of the molecule is Cc1ncc(COCc2c(CO)cnc(C)c2O)c(CO)c1O.Cl.Cl. The molecular weight excluding hydrogens is 371 g/mol. The van der Waals surface area contributed by atoms with Crippen LogP contribution in [-0.4, -0.2) is 30.4 Å². The fraction of sp³-hybridized carbons (Fsp3) is 0.375. The largest absolute Gasteiger partial charge is 0.506 e. The highest BCUT2D eigenvalue weighted by atomic mass is 35.5. The lowest BCUT2D eigenvalue weighted by molar-refractivity contribution is 0.101. The number of pyridine rings is 2. The van der Waals surface area contributed by atoms with Crippen LogP contribution in [0.4, 0.5) is 0 Å². The van der Waals surface area contributed by atoms with E-state index in [1.54, 1.807) is 13.8 Å². The molecule has 0 atom stereocenters. The summed E-state index contributed by atoms with van der Waals surface area (Å²) in [7, 11) is 0. The monoisotopic (exact) mass is 392 g/mol. The molecule has 7 nitrogen and oxygen atoms in total. The van der Waals surface area contributed by atoms with Gasteiger partial charge in [-0.2, -0.15) is 0 Å². The van der Waals surface area contributed by atoms with Crippen molar-refractivity contribution in [2.75, 3.05) is 0 Å². The molecular formula is C16H22Cl2N2O5. The summed E-state index contributed by atoms with van der Waals surface area (Å²) >= 11 is 0. The molecule has 0 aliphatic rings. The second-order valence-corrected chi connectivity index (χ2v) is 5.20. The van der Waals surface area contributed by atoms with Gasteiger partial charge in [0.1, 0.15) is 11.5 Å². The number of hydrogen-bond donors (Lipinski definition) is 4. The van der Waals surface area contributed by atoms with Gasteiger partial charge in [0.2, 0.25) is 0 Å². The van der Waals surface area contributed by atoms with Crippen LogP contribution in [0.15, 0.2) is 12.4 Å². The molecule has 4 N–H and O–H groups in total. The normalized spacial score (nSPS) is 10.1. The Kier molecular flexibility index (Phi) is 9.69. The van der Waals surface area contributed by atoms with E-state index in [4.69, 9.17) is 4.74 Å². The number of hydrogen-bond acceptors (Lipinski definition) is 7. The average Bonchev–Trinajstić information content (AvgIpc) is 2.55. The van der Waals surface area contributed by atoms with E-state index in [1.807, 2.05) is 0 Å². The first-order chi connectivity index (χ1) is 11.0. The molecule has 0 fully saturated rings. The van der Waals surface area contributed by atoms with Crippen molar-refractivity contribution in [2.24, 2.45) is 0 Å². The third-order valence-electron chi connectivity index (χ3n) is 3.69. The Hall–Kier alpha value is -1.64. The Labute approximate surface area is 158 Å². The van der Waals surface area contributed by atoms with Crippen molar-refractivity contribution >= 4 is 24.8 Å². The summed E-state index contributed by atoms with van der Waals surface area (Å²) in [4.78, 5) is 8.02. The summed E-state index contributed by atoms with van der Waals surface area (Å²) in [6.07, 6.45) is 3.03. The number of aliphatic hydroxyl groups excluding tert-OH is 2. The van der Waals surface area contributed by atoms with Crippen LogP contribution in [0.3, 0.4) is 0 Å². The van der Waals surface area contributed by atoms with Crippen LogP contribution >= 0.6 is 24.8 Å². The van der Waals surface area contributed by atoms with Gasteiger partial charge in [-0.1, -0.05) is 0 Å². The molecule has 25 heavy (non-hydrogen) atoms. The third kappa shape index (κ3) is 5.17. The molecule has 0 aliphatic heterocycles. The second-order valence-electron chi connectivity index (χ2n) is 5.20. The van der Waals surface area contributed by atoms with Gasteiger partial charge in [-0.15, -0.1) is 24.8 Å². The summed E-state index contributed by atoms with van der Waals surface area (Å²) < 4.78 is 5.56. The van der Waals surface area contributed by atoms with Crippen LogP contribution < -0.4 is 0 Å². The Balaban J connectivity index is 0.00000288. The fourth-order valence-electron chi connectivity index (χ4n) is 2.23. The zero-order valence-electron chi connectivity index (χ0n) is 13.9. The van der Waals surface area contributed by atoms with Gasteiger partial charge >= 0.3 is 0 Å². The highest BCUT2D eigenvalue weighted by molar-refractivity contribution is 5.85. The molecule has 2 aromatic heterocycles. The number of nitrogens with zero attached hydrogens (tertiary/aromatic N) is 2. The molecule has 2 rings (SSSR count). The Morgan fingerprint density at radius 1 is 0.800 bits per heavy atom. The second kappa shape index (κ2) is 10.4. The van der Waals surface area contributed by atoms with Gasteiger partial charge in [-0.25, -0.2) is 0 Å². The highest BCUT2D eigenvalue weighted by Crippen LogP contribution is 2.27. The molecule has 9 heteroatoms. The molecule has 0 spiro atoms. The van der Waals surface area contributed by atoms with E-state index in [9.17, 15) is 20.4 Å². The predicted octanol–water partition coefficient (Wildman–Crippen LogP) is 2.05. The predicted molar refractivity (Wildman–Crippen MR) is 96.1 cm³/mol. The summed E-state index contributed by atoms with van der Waals surface area (Å²) in [6.45, 7) is 2.88. The number of ether oxygens (including phenoxy) is 1. The molecule has 0 saturated carbocycles. The van der Waals surface area contributed by atoms with Gasteiger partial charge in [-0.3, -0.25) is 9.97 Å². The van der Waals surface area contributed by atoms with Gasteiger partial charge in [0.05, 0.1) is 37.8 Å². The van der Waals surface area contributed by atoms with Gasteiger partial charge < -0.3 is 25.2 Å². The van der Waals surface area contributed by atoms with Crippen molar-refractivity contribution < 1.29 is 25.2 Å². The maximum atomic E-state index is 10.0. The van der Waals surface area contributed by atoms with Gasteiger partial charge in [0, 0.05) is 34.6 Å². The maximum Gasteiger partial charge on any atom is 0.142 e. The van der Waals surface area contributed by atoms with Gasteiger partial charge in [0.15, 0.2) is 0 Å². The van der Waals surface area contributed by atoms with Crippen LogP contribution in [0.1, 0.15) is 33.6 Å². The first kappa shape index (κ1) is 23.4. The van der Waals surface area contributed by atoms with E-state index in [0.29, 0.717) is 33.6 Å². The number of rotatable bonds is 6. The molecule has 0 aromatic carbocycles. The van der Waals surface area contributed by atoms with Crippen LogP contribution in [0, 0.1) is 13.8 Å². The number of halogens is 2. The van der Waals surface area contributed by atoms with Crippen molar-refractivity contribution in [3.8, 4) is 11.5 Å². The smallest absolute Gasteiger partial charge is 0.142 e. The Morgan fingerprint density at radius 3 is 1.84 bits per heavy atom. The molecule has 2 heterocycles. The summed E-state index contributed by atoms with van der Waals surface area (Å²) in [5.74, 6) is -0.0592. The van der Waals surface area contributed by atoms with E-state index < -0.39 is 0 Å². The average molecular weight is 393 g/mol. The fourth-order valence-corrected chi connectivity index (χ4v) is 2.23. The van der Waals surface area contributed by atoms with Crippen molar-refractivity contribution in [2.45, 2.75) is 40.3 Å². The Morgan fingerprint density at radius 2 is 1.32 bits per heavy atom. The molecule has 2 aromatic rings. The Bertz CT molecular complexity index is 713. The third-order valence-corrected chi connectivity index (χ3v) is 3.69. The zero-order chi connectivity index (χ0) is 17.0. The van der Waals surface area contributed by atoms with Crippen molar-refractivity contribution in [3.05, 3.63) is 46.0 Å². The molecule has 0 saturated heterocycles. The minimum atomic E-state index is -0.324. The lowest BCUT2D eigenvalue weighted by atomic mass is 10.1. The molecule has 0 amide bonds. The zero-order valence-corrected chi connectivity index (χ0v) is 15.5. The minimum Gasteiger partial charge on any atom is -0.506 e. The maximum absolute atomic E-state index is 10.0. The van der Waals surface area contributed by atoms with Crippen molar-refractivity contribution in [1.82, 2.24) is 9.97 Å². The molecule has 0 bridgehead atoms. The first-order valence-corrected chi connectivity index (χ1v) is 7.11. The van der Waals surface area contributed by atoms with E-state index in [0.717, 1.165) is 0 Å². The number of aromatic nitrogens is 2. The quantitative estimate of drug-likeness (QED) is 0.594. The van der Waals surface area contributed by atoms with Crippen molar-refractivity contribution in [3.63, 3.8) is 0 Å². The summed E-state index contributed by atoms with van der Waals surface area (Å²) in [5, 5.41) is 38.6. The van der Waals surface area contributed by atoms with Crippen molar-refractivity contribution in [1.29, 1.82) is 0 Å². The van der Waals surface area contributed by atoms with Crippen LogP contribution in [0.5, 0.6) is 11.5 Å². The number of aryl methyl sites for hydroxylation is 2. The minimum absolute atomic E-state index is 0.